The monoisotopic (exact) mass is 426 g/mol. The van der Waals surface area contributed by atoms with E-state index in [-0.39, 0.29) is 28.1 Å². The van der Waals surface area contributed by atoms with Crippen molar-refractivity contribution < 1.29 is 19.4 Å². The van der Waals surface area contributed by atoms with Gasteiger partial charge in [0.05, 0.1) is 6.10 Å². The van der Waals surface area contributed by atoms with Crippen LogP contribution < -0.4 is 0 Å². The van der Waals surface area contributed by atoms with Crippen LogP contribution in [0.5, 0.6) is 0 Å². The van der Waals surface area contributed by atoms with E-state index in [9.17, 15) is 14.7 Å². The molecule has 7 atom stereocenters. The van der Waals surface area contributed by atoms with E-state index in [0.29, 0.717) is 35.5 Å². The zero-order valence-corrected chi connectivity index (χ0v) is 20.0. The van der Waals surface area contributed by atoms with Gasteiger partial charge in [0.15, 0.2) is 0 Å². The third-order valence-electron chi connectivity index (χ3n) is 10.9. The molecule has 0 radical (unpaired) electrons. The number of carbonyl (C=O) groups excluding carboxylic acids is 2. The summed E-state index contributed by atoms with van der Waals surface area (Å²) in [6, 6.07) is 0. The van der Waals surface area contributed by atoms with E-state index in [2.05, 4.69) is 34.6 Å². The number of fused-ring (bicyclic) bond motifs is 4. The summed E-state index contributed by atoms with van der Waals surface area (Å²) < 4.78 is 6.90. The van der Waals surface area contributed by atoms with Gasteiger partial charge >= 0.3 is 0 Å². The summed E-state index contributed by atoms with van der Waals surface area (Å²) in [6.07, 6.45) is 8.08. The third kappa shape index (κ3) is 2.46. The van der Waals surface area contributed by atoms with Crippen molar-refractivity contribution >= 4 is 11.6 Å². The molecule has 4 heteroatoms. The number of allylic oxidation sites excluding steroid dienone is 2. The van der Waals surface area contributed by atoms with Crippen LogP contribution in [-0.2, 0) is 14.3 Å². The molecule has 5 aliphatic rings. The molecular formula is C27H38O4. The second-order valence-corrected chi connectivity index (χ2v) is 12.4. The number of aliphatic hydroxyl groups excluding tert-OH is 1. The van der Waals surface area contributed by atoms with Crippen LogP contribution in [0.15, 0.2) is 23.0 Å². The van der Waals surface area contributed by atoms with Crippen molar-refractivity contribution in [2.45, 2.75) is 98.2 Å². The van der Waals surface area contributed by atoms with Crippen LogP contribution in [0, 0.1) is 34.0 Å². The predicted molar refractivity (Wildman–Crippen MR) is 119 cm³/mol. The Kier molecular flexibility index (Phi) is 4.38. The molecule has 5 rings (SSSR count). The number of hydrogen-bond acceptors (Lipinski definition) is 4. The van der Waals surface area contributed by atoms with E-state index in [1.54, 1.807) is 0 Å². The van der Waals surface area contributed by atoms with Crippen molar-refractivity contribution in [2.24, 2.45) is 34.0 Å². The molecule has 1 spiro atoms. The molecule has 0 aromatic heterocycles. The highest BCUT2D eigenvalue weighted by Gasteiger charge is 2.70. The normalized spacial score (nSPS) is 48.7. The predicted octanol–water partition coefficient (Wildman–Crippen LogP) is 5.15. The van der Waals surface area contributed by atoms with Crippen molar-refractivity contribution in [1.82, 2.24) is 0 Å². The summed E-state index contributed by atoms with van der Waals surface area (Å²) >= 11 is 0. The summed E-state index contributed by atoms with van der Waals surface area (Å²) in [5.74, 6) is 1.22. The fraction of sp³-hybridized carbons (Fsp3) is 0.778. The van der Waals surface area contributed by atoms with Crippen molar-refractivity contribution in [3.63, 3.8) is 0 Å². The first-order valence-electron chi connectivity index (χ1n) is 12.3. The van der Waals surface area contributed by atoms with E-state index in [4.69, 9.17) is 4.74 Å². The van der Waals surface area contributed by atoms with Gasteiger partial charge in [-0.1, -0.05) is 34.6 Å². The highest BCUT2D eigenvalue weighted by Crippen LogP contribution is 2.72. The molecule has 4 aliphatic carbocycles. The second kappa shape index (κ2) is 6.34. The molecule has 0 aromatic carbocycles. The minimum absolute atomic E-state index is 0.0603. The van der Waals surface area contributed by atoms with Crippen LogP contribution in [0.2, 0.25) is 0 Å². The Morgan fingerprint density at radius 2 is 1.71 bits per heavy atom. The molecule has 0 amide bonds. The Morgan fingerprint density at radius 3 is 2.42 bits per heavy atom. The molecule has 6 unspecified atom stereocenters. The zero-order valence-electron chi connectivity index (χ0n) is 20.0. The molecule has 4 nitrogen and oxygen atoms in total. The summed E-state index contributed by atoms with van der Waals surface area (Å²) in [5, 5.41) is 10.8. The average Bonchev–Trinajstić information content (AvgIpc) is 3.11. The number of aliphatic hydroxyl groups is 1. The van der Waals surface area contributed by atoms with Gasteiger partial charge in [0.2, 0.25) is 11.6 Å². The van der Waals surface area contributed by atoms with Gasteiger partial charge in [-0.15, -0.1) is 0 Å². The smallest absolute Gasteiger partial charge is 0.232 e. The quantitative estimate of drug-likeness (QED) is 0.430. The number of rotatable bonds is 0. The van der Waals surface area contributed by atoms with Crippen molar-refractivity contribution in [3.05, 3.63) is 23.0 Å². The van der Waals surface area contributed by atoms with Crippen LogP contribution in [-0.4, -0.2) is 28.4 Å². The lowest BCUT2D eigenvalue weighted by Crippen LogP contribution is -2.67. The zero-order chi connectivity index (χ0) is 22.6. The molecule has 0 aromatic rings. The van der Waals surface area contributed by atoms with E-state index in [1.807, 2.05) is 6.92 Å². The number of carbonyl (C=O) groups is 2. The maximum atomic E-state index is 12.8. The van der Waals surface area contributed by atoms with Crippen LogP contribution in [0.4, 0.5) is 0 Å². The van der Waals surface area contributed by atoms with E-state index >= 15 is 0 Å². The van der Waals surface area contributed by atoms with Gasteiger partial charge in [-0.3, -0.25) is 9.59 Å². The lowest BCUT2D eigenvalue weighted by Gasteiger charge is -2.69. The van der Waals surface area contributed by atoms with E-state index in [0.717, 1.165) is 37.7 Å². The maximum Gasteiger partial charge on any atom is 0.232 e. The Morgan fingerprint density at radius 1 is 1.00 bits per heavy atom. The summed E-state index contributed by atoms with van der Waals surface area (Å²) in [4.78, 5) is 25.1. The van der Waals surface area contributed by atoms with Gasteiger partial charge in [-0.05, 0) is 85.7 Å². The summed E-state index contributed by atoms with van der Waals surface area (Å²) in [6.45, 7) is 13.6. The second-order valence-electron chi connectivity index (χ2n) is 12.4. The lowest BCUT2D eigenvalue weighted by molar-refractivity contribution is -0.250. The number of ketones is 2. The Labute approximate surface area is 186 Å². The van der Waals surface area contributed by atoms with Crippen molar-refractivity contribution in [1.29, 1.82) is 0 Å². The van der Waals surface area contributed by atoms with Gasteiger partial charge in [-0.2, -0.15) is 0 Å². The fourth-order valence-electron chi connectivity index (χ4n) is 9.10. The van der Waals surface area contributed by atoms with Gasteiger partial charge in [-0.25, -0.2) is 0 Å². The van der Waals surface area contributed by atoms with E-state index in [1.165, 1.54) is 12.5 Å². The minimum atomic E-state index is -0.426. The molecule has 1 N–H and O–H groups in total. The van der Waals surface area contributed by atoms with Crippen LogP contribution in [0.1, 0.15) is 86.5 Å². The first-order valence-corrected chi connectivity index (χ1v) is 12.3. The van der Waals surface area contributed by atoms with Crippen LogP contribution >= 0.6 is 0 Å². The van der Waals surface area contributed by atoms with Gasteiger partial charge in [0.1, 0.15) is 11.4 Å². The van der Waals surface area contributed by atoms with Gasteiger partial charge in [0.25, 0.3) is 0 Å². The van der Waals surface area contributed by atoms with Crippen molar-refractivity contribution in [3.8, 4) is 0 Å². The van der Waals surface area contributed by atoms with Gasteiger partial charge in [0, 0.05) is 17.4 Å². The molecule has 0 bridgehead atoms. The third-order valence-corrected chi connectivity index (χ3v) is 10.9. The molecule has 3 fully saturated rings. The summed E-state index contributed by atoms with van der Waals surface area (Å²) in [5.41, 5.74) is 1.00. The Hall–Kier alpha value is -1.42. The molecule has 3 saturated carbocycles. The fourth-order valence-corrected chi connectivity index (χ4v) is 9.10. The lowest BCUT2D eigenvalue weighted by atomic mass is 9.37. The largest absolute Gasteiger partial charge is 0.485 e. The standard InChI is InChI=1S/C27H38O4/c1-15-13-18(28)22(30)17-14-27(31-23(15)17)16(2)7-8-20-25(5)11-10-21(29)24(3,4)19(25)9-12-26(20,27)6/h13,16,19-21,29H,7-12,14H2,1-6H3/t16?,19?,20?,21-,25?,26?,27?/m0/s1. The Bertz CT molecular complexity index is 926. The number of hydrogen-bond donors (Lipinski definition) is 1. The molecule has 1 aliphatic heterocycles. The minimum Gasteiger partial charge on any atom is -0.485 e. The number of Topliss-reactive ketones (excluding diaryl/α,β-unsaturated/α-hetero) is 1. The van der Waals surface area contributed by atoms with Crippen molar-refractivity contribution in [2.75, 3.05) is 0 Å². The van der Waals surface area contributed by atoms with E-state index < -0.39 is 11.4 Å². The molecule has 0 saturated heterocycles. The summed E-state index contributed by atoms with van der Waals surface area (Å²) in [7, 11) is 0. The van der Waals surface area contributed by atoms with Gasteiger partial charge < -0.3 is 9.84 Å². The van der Waals surface area contributed by atoms with Crippen LogP contribution in [0.25, 0.3) is 0 Å². The number of ether oxygens (including phenoxy) is 1. The highest BCUT2D eigenvalue weighted by atomic mass is 16.5. The Balaban J connectivity index is 1.58. The highest BCUT2D eigenvalue weighted by molar-refractivity contribution is 6.48. The first kappa shape index (κ1) is 21.4. The molecule has 31 heavy (non-hydrogen) atoms. The topological polar surface area (TPSA) is 63.6 Å². The SMILES string of the molecule is CC1=CC(=O)C(=O)C2=C1OC1(C2)C(C)CCC2C3(C)CC[C@H](O)C(C)(C)C3CCC21C. The molecular weight excluding hydrogens is 388 g/mol. The first-order chi connectivity index (χ1) is 14.4. The molecule has 170 valence electrons. The molecule has 1 heterocycles. The van der Waals surface area contributed by atoms with Crippen LogP contribution in [0.3, 0.4) is 0 Å². The maximum absolute atomic E-state index is 12.8. The average molecular weight is 427 g/mol.